The number of fused-ring (bicyclic) bond motifs is 3. The van der Waals surface area contributed by atoms with Gasteiger partial charge in [0, 0.05) is 60.6 Å². The zero-order valence-electron chi connectivity index (χ0n) is 25.5. The number of hydrogen-bond acceptors (Lipinski definition) is 7. The summed E-state index contributed by atoms with van der Waals surface area (Å²) < 4.78 is 13.3. The summed E-state index contributed by atoms with van der Waals surface area (Å²) in [5.41, 5.74) is 2.47. The first-order valence-corrected chi connectivity index (χ1v) is 14.3. The number of para-hydroxylation sites is 1. The number of nitrogens with zero attached hydrogens (tertiary/aromatic N) is 3. The van der Waals surface area contributed by atoms with Crippen LogP contribution in [0.3, 0.4) is 0 Å². The third-order valence-electron chi connectivity index (χ3n) is 8.03. The number of benzene rings is 1. The van der Waals surface area contributed by atoms with Gasteiger partial charge < -0.3 is 29.2 Å². The van der Waals surface area contributed by atoms with Gasteiger partial charge in [0.2, 0.25) is 0 Å². The summed E-state index contributed by atoms with van der Waals surface area (Å²) in [4.78, 5) is 43.0. The number of halogens is 1. The summed E-state index contributed by atoms with van der Waals surface area (Å²) in [6, 6.07) is 8.11. The Morgan fingerprint density at radius 1 is 1.12 bits per heavy atom. The molecule has 1 aromatic heterocycles. The van der Waals surface area contributed by atoms with E-state index in [0.717, 1.165) is 35.0 Å². The summed E-state index contributed by atoms with van der Waals surface area (Å²) in [5, 5.41) is 3.73. The summed E-state index contributed by atoms with van der Waals surface area (Å²) in [7, 11) is 2.04. The second kappa shape index (κ2) is 12.8. The number of rotatable bonds is 8. The Kier molecular flexibility index (Phi) is 10.1. The second-order valence-electron chi connectivity index (χ2n) is 12.3. The zero-order chi connectivity index (χ0) is 29.4. The number of alkyl carbamates (subject to hydrolysis) is 1. The monoisotopic (exact) mass is 588 g/mol. The van der Waals surface area contributed by atoms with Crippen LogP contribution >= 0.6 is 12.4 Å². The van der Waals surface area contributed by atoms with E-state index < -0.39 is 23.8 Å². The van der Waals surface area contributed by atoms with Gasteiger partial charge in [-0.15, -0.1) is 12.4 Å². The van der Waals surface area contributed by atoms with Crippen LogP contribution in [0.15, 0.2) is 36.7 Å². The highest BCUT2D eigenvalue weighted by Gasteiger charge is 2.36. The SMILES string of the molecule is CC(C)C(CNC(=O)OC(C)(C)C)C(=O)OC(C)N1C=CN(CC2CCc3c(c4ccccc4n3C)C2=O)C1C.Cl. The van der Waals surface area contributed by atoms with Crippen molar-refractivity contribution in [2.24, 2.45) is 24.8 Å². The molecule has 2 aromatic rings. The van der Waals surface area contributed by atoms with Crippen molar-refractivity contribution in [2.75, 3.05) is 13.1 Å². The van der Waals surface area contributed by atoms with E-state index in [1.807, 2.05) is 70.2 Å². The highest BCUT2D eigenvalue weighted by molar-refractivity contribution is 6.11. The number of ether oxygens (including phenoxy) is 2. The first-order valence-electron chi connectivity index (χ1n) is 14.3. The van der Waals surface area contributed by atoms with Gasteiger partial charge in [0.05, 0.1) is 5.92 Å². The summed E-state index contributed by atoms with van der Waals surface area (Å²) in [6.45, 7) is 13.9. The maximum Gasteiger partial charge on any atom is 0.407 e. The van der Waals surface area contributed by atoms with Crippen LogP contribution in [0.2, 0.25) is 0 Å². The maximum absolute atomic E-state index is 13.6. The number of amides is 1. The van der Waals surface area contributed by atoms with E-state index >= 15 is 0 Å². The van der Waals surface area contributed by atoms with Crippen LogP contribution in [0.5, 0.6) is 0 Å². The highest BCUT2D eigenvalue weighted by Crippen LogP contribution is 2.35. The minimum absolute atomic E-state index is 0. The minimum Gasteiger partial charge on any atom is -0.444 e. The van der Waals surface area contributed by atoms with Gasteiger partial charge in [0.1, 0.15) is 11.8 Å². The van der Waals surface area contributed by atoms with Crippen LogP contribution in [-0.2, 0) is 27.7 Å². The molecular formula is C31H45ClN4O5. The lowest BCUT2D eigenvalue weighted by Gasteiger charge is -2.36. The summed E-state index contributed by atoms with van der Waals surface area (Å²) in [5.74, 6) is -0.818. The average molecular weight is 589 g/mol. The number of Topliss-reactive ketones (excluding diaryl/α,β-unsaturated/α-hetero) is 1. The van der Waals surface area contributed by atoms with Gasteiger partial charge in [0.25, 0.3) is 0 Å². The van der Waals surface area contributed by atoms with Crippen molar-refractivity contribution in [3.05, 3.63) is 47.9 Å². The van der Waals surface area contributed by atoms with E-state index in [2.05, 4.69) is 20.9 Å². The topological polar surface area (TPSA) is 93.1 Å². The van der Waals surface area contributed by atoms with E-state index in [1.54, 1.807) is 20.8 Å². The van der Waals surface area contributed by atoms with Crippen molar-refractivity contribution in [3.63, 3.8) is 0 Å². The fraction of sp³-hybridized carbons (Fsp3) is 0.581. The molecule has 9 nitrogen and oxygen atoms in total. The molecule has 1 aromatic carbocycles. The molecule has 0 bridgehead atoms. The van der Waals surface area contributed by atoms with Crippen LogP contribution in [0.25, 0.3) is 10.9 Å². The molecule has 1 aliphatic heterocycles. The zero-order valence-corrected chi connectivity index (χ0v) is 26.3. The number of hydrogen-bond donors (Lipinski definition) is 1. The van der Waals surface area contributed by atoms with Crippen LogP contribution < -0.4 is 5.32 Å². The molecule has 0 radical (unpaired) electrons. The quantitative estimate of drug-likeness (QED) is 0.409. The number of carbonyl (C=O) groups excluding carboxylic acids is 3. The minimum atomic E-state index is -0.615. The molecule has 10 heteroatoms. The number of nitrogens with one attached hydrogen (secondary N) is 1. The Hall–Kier alpha value is -3.20. The van der Waals surface area contributed by atoms with Gasteiger partial charge >= 0.3 is 12.1 Å². The molecule has 226 valence electrons. The first-order chi connectivity index (χ1) is 18.8. The Labute approximate surface area is 249 Å². The van der Waals surface area contributed by atoms with Gasteiger partial charge in [0.15, 0.2) is 12.0 Å². The van der Waals surface area contributed by atoms with E-state index in [-0.39, 0.29) is 48.7 Å². The fourth-order valence-electron chi connectivity index (χ4n) is 5.73. The predicted molar refractivity (Wildman–Crippen MR) is 162 cm³/mol. The molecule has 0 spiro atoms. The molecule has 4 atom stereocenters. The van der Waals surface area contributed by atoms with Crippen molar-refractivity contribution in [2.45, 2.75) is 79.3 Å². The molecule has 41 heavy (non-hydrogen) atoms. The van der Waals surface area contributed by atoms with Gasteiger partial charge in [-0.05, 0) is 59.4 Å². The molecule has 1 amide bonds. The number of ketones is 1. The predicted octanol–water partition coefficient (Wildman–Crippen LogP) is 5.47. The third-order valence-corrected chi connectivity index (χ3v) is 8.03. The van der Waals surface area contributed by atoms with Crippen LogP contribution in [0.4, 0.5) is 4.79 Å². The van der Waals surface area contributed by atoms with E-state index in [0.29, 0.717) is 6.54 Å². The molecule has 4 unspecified atom stereocenters. The lowest BCUT2D eigenvalue weighted by Crippen LogP contribution is -2.46. The summed E-state index contributed by atoms with van der Waals surface area (Å²) >= 11 is 0. The molecule has 0 saturated heterocycles. The van der Waals surface area contributed by atoms with Crippen molar-refractivity contribution in [3.8, 4) is 0 Å². The van der Waals surface area contributed by atoms with Crippen molar-refractivity contribution in [1.29, 1.82) is 0 Å². The van der Waals surface area contributed by atoms with E-state index in [1.165, 1.54) is 0 Å². The molecule has 0 fully saturated rings. The standard InChI is InChI=1S/C31H44N4O5.ClH/c1-19(2)24(17-32-30(38)40-31(5,6)7)29(37)39-21(4)35-16-15-34(20(35)3)18-22-13-14-26-27(28(22)36)23-11-9-10-12-25(23)33(26)8;/h9-12,15-16,19-22,24H,13-14,17-18H2,1-8H3,(H,32,38);1H. The molecule has 0 saturated carbocycles. The van der Waals surface area contributed by atoms with Gasteiger partial charge in [-0.1, -0.05) is 32.0 Å². The Morgan fingerprint density at radius 2 is 1.80 bits per heavy atom. The lowest BCUT2D eigenvalue weighted by atomic mass is 9.84. The maximum atomic E-state index is 13.6. The van der Waals surface area contributed by atoms with E-state index in [4.69, 9.17) is 9.47 Å². The second-order valence-corrected chi connectivity index (χ2v) is 12.3. The molecule has 1 N–H and O–H groups in total. The highest BCUT2D eigenvalue weighted by atomic mass is 35.5. The van der Waals surface area contributed by atoms with Gasteiger partial charge in [-0.2, -0.15) is 0 Å². The Morgan fingerprint density at radius 3 is 2.46 bits per heavy atom. The van der Waals surface area contributed by atoms with Crippen molar-refractivity contribution < 1.29 is 23.9 Å². The third kappa shape index (κ3) is 7.00. The lowest BCUT2D eigenvalue weighted by molar-refractivity contribution is -0.164. The number of aromatic nitrogens is 1. The first kappa shape index (κ1) is 32.3. The van der Waals surface area contributed by atoms with Gasteiger partial charge in [-0.25, -0.2) is 4.79 Å². The largest absolute Gasteiger partial charge is 0.444 e. The number of esters is 1. The molecule has 2 aliphatic rings. The Bertz CT molecular complexity index is 1300. The molecule has 4 rings (SSSR count). The van der Waals surface area contributed by atoms with Gasteiger partial charge in [-0.3, -0.25) is 9.59 Å². The van der Waals surface area contributed by atoms with Crippen LogP contribution in [-0.4, -0.2) is 63.3 Å². The fourth-order valence-corrected chi connectivity index (χ4v) is 5.73. The number of aryl methyl sites for hydroxylation is 1. The molecule has 2 heterocycles. The van der Waals surface area contributed by atoms with Crippen LogP contribution in [0.1, 0.15) is 70.9 Å². The average Bonchev–Trinajstić information content (AvgIpc) is 3.37. The molecule has 1 aliphatic carbocycles. The Balaban J connectivity index is 0.00000462. The van der Waals surface area contributed by atoms with Crippen LogP contribution in [0, 0.1) is 17.8 Å². The van der Waals surface area contributed by atoms with Crippen molar-refractivity contribution in [1.82, 2.24) is 19.7 Å². The summed E-state index contributed by atoms with van der Waals surface area (Å²) in [6.07, 6.45) is 4.42. The normalized spacial score (nSPS) is 20.1. The van der Waals surface area contributed by atoms with E-state index in [9.17, 15) is 14.4 Å². The molecular weight excluding hydrogens is 544 g/mol. The smallest absolute Gasteiger partial charge is 0.407 e. The van der Waals surface area contributed by atoms with Crippen molar-refractivity contribution >= 4 is 41.2 Å². The number of carbonyl (C=O) groups is 3.